The van der Waals surface area contributed by atoms with Crippen LogP contribution in [0.1, 0.15) is 31.2 Å². The number of rotatable bonds is 10. The van der Waals surface area contributed by atoms with Crippen molar-refractivity contribution in [3.05, 3.63) is 35.9 Å². The molecule has 4 aromatic rings. The largest absolute Gasteiger partial charge is 0.493 e. The molecule has 13 heteroatoms. The highest BCUT2D eigenvalue weighted by molar-refractivity contribution is 7.19. The van der Waals surface area contributed by atoms with Crippen LogP contribution in [0.4, 0.5) is 22.3 Å². The Morgan fingerprint density at radius 2 is 1.79 bits per heavy atom. The Morgan fingerprint density at radius 1 is 1.02 bits per heavy atom. The highest BCUT2D eigenvalue weighted by Crippen LogP contribution is 2.42. The number of carbonyl (C=O) groups is 1. The van der Waals surface area contributed by atoms with E-state index in [0.717, 1.165) is 36.8 Å². The van der Waals surface area contributed by atoms with Crippen LogP contribution >= 0.6 is 11.3 Å². The Labute approximate surface area is 247 Å². The van der Waals surface area contributed by atoms with Gasteiger partial charge in [-0.1, -0.05) is 29.0 Å². The van der Waals surface area contributed by atoms with Crippen LogP contribution in [0.3, 0.4) is 0 Å². The number of nitrogens with zero attached hydrogens (tertiary/aromatic N) is 3. The normalized spacial score (nSPS) is 16.6. The molecule has 1 amide bonds. The number of nitrogens with one attached hydrogen (secondary N) is 2. The summed E-state index contributed by atoms with van der Waals surface area (Å²) < 4.78 is 27.3. The number of carbonyl (C=O) groups excluding carboxylic acids is 1. The fourth-order valence-corrected chi connectivity index (χ4v) is 5.85. The topological polar surface area (TPSA) is 156 Å². The van der Waals surface area contributed by atoms with Crippen molar-refractivity contribution in [3.8, 4) is 39.4 Å². The van der Waals surface area contributed by atoms with Gasteiger partial charge < -0.3 is 39.8 Å². The molecule has 2 heterocycles. The molecule has 42 heavy (non-hydrogen) atoms. The zero-order chi connectivity index (χ0) is 29.8. The smallest absolute Gasteiger partial charge is 0.272 e. The van der Waals surface area contributed by atoms with E-state index in [9.17, 15) is 4.79 Å². The second kappa shape index (κ2) is 12.7. The van der Waals surface area contributed by atoms with E-state index in [1.54, 1.807) is 40.6 Å². The van der Waals surface area contributed by atoms with Crippen molar-refractivity contribution in [3.63, 3.8) is 0 Å². The average molecular weight is 595 g/mol. The minimum atomic E-state index is -0.0811. The summed E-state index contributed by atoms with van der Waals surface area (Å²) in [5, 5.41) is 11.0. The maximum Gasteiger partial charge on any atom is 0.272 e. The number of methoxy groups -OCH3 is 4. The Balaban J connectivity index is 1.34. The Hall–Kier alpha value is -4.36. The van der Waals surface area contributed by atoms with E-state index in [0.29, 0.717) is 44.5 Å². The standard InChI is InChI=1S/C29H34N6O6S/c1-15-9-10-17(31-27(36)16-7-6-8-19(11-16)37-2)12-20(15)26-34-28(41-35-26)24-25(30)33-29(42-24)32-18-13-21(38-3)23(40-5)22(14-18)39-4/h9-10,12-14,16,19H,6-8,11,30H2,1-5H3,(H,31,36)(H,32,33). The first-order valence-electron chi connectivity index (χ1n) is 13.5. The molecule has 2 unspecified atom stereocenters. The third-order valence-electron chi connectivity index (χ3n) is 7.27. The maximum atomic E-state index is 13.0. The minimum Gasteiger partial charge on any atom is -0.493 e. The number of amides is 1. The first-order valence-corrected chi connectivity index (χ1v) is 14.3. The van der Waals surface area contributed by atoms with Crippen molar-refractivity contribution in [1.29, 1.82) is 0 Å². The van der Waals surface area contributed by atoms with Crippen molar-refractivity contribution in [1.82, 2.24) is 15.1 Å². The molecule has 2 aromatic heterocycles. The zero-order valence-electron chi connectivity index (χ0n) is 24.1. The lowest BCUT2D eigenvalue weighted by atomic mass is 9.86. The first-order chi connectivity index (χ1) is 20.3. The molecule has 1 aliphatic carbocycles. The van der Waals surface area contributed by atoms with Gasteiger partial charge in [-0.25, -0.2) is 4.98 Å². The Morgan fingerprint density at radius 3 is 2.48 bits per heavy atom. The number of benzene rings is 2. The molecule has 4 N–H and O–H groups in total. The molecule has 0 radical (unpaired) electrons. The molecule has 222 valence electrons. The van der Waals surface area contributed by atoms with Crippen LogP contribution < -0.4 is 30.6 Å². The highest BCUT2D eigenvalue weighted by atomic mass is 32.1. The molecule has 1 aliphatic rings. The van der Waals surface area contributed by atoms with Crippen LogP contribution in [0.15, 0.2) is 34.9 Å². The quantitative estimate of drug-likeness (QED) is 0.208. The third kappa shape index (κ3) is 6.11. The van der Waals surface area contributed by atoms with E-state index in [2.05, 4.69) is 25.8 Å². The van der Waals surface area contributed by atoms with Gasteiger partial charge in [0.25, 0.3) is 5.89 Å². The maximum absolute atomic E-state index is 13.0. The van der Waals surface area contributed by atoms with Gasteiger partial charge in [0.2, 0.25) is 17.5 Å². The van der Waals surface area contributed by atoms with Crippen molar-refractivity contribution in [2.75, 3.05) is 44.8 Å². The van der Waals surface area contributed by atoms with Crippen LogP contribution in [-0.4, -0.2) is 55.6 Å². The molecule has 1 saturated carbocycles. The number of anilines is 4. The van der Waals surface area contributed by atoms with Gasteiger partial charge >= 0.3 is 0 Å². The molecule has 2 atom stereocenters. The van der Waals surface area contributed by atoms with E-state index in [-0.39, 0.29) is 29.6 Å². The number of nitrogen functional groups attached to an aromatic ring is 1. The van der Waals surface area contributed by atoms with Crippen molar-refractivity contribution < 1.29 is 28.3 Å². The third-order valence-corrected chi connectivity index (χ3v) is 8.24. The van der Waals surface area contributed by atoms with E-state index >= 15 is 0 Å². The van der Waals surface area contributed by atoms with Crippen molar-refractivity contribution in [2.45, 2.75) is 38.7 Å². The molecule has 0 saturated heterocycles. The lowest BCUT2D eigenvalue weighted by molar-refractivity contribution is -0.122. The number of hydrogen-bond acceptors (Lipinski definition) is 12. The van der Waals surface area contributed by atoms with Crippen molar-refractivity contribution >= 4 is 39.6 Å². The molecule has 12 nitrogen and oxygen atoms in total. The summed E-state index contributed by atoms with van der Waals surface area (Å²) in [5.74, 6) is 2.24. The average Bonchev–Trinajstić information content (AvgIpc) is 3.63. The minimum absolute atomic E-state index is 0.00934. The lowest BCUT2D eigenvalue weighted by Crippen LogP contribution is -2.31. The number of thiazole rings is 1. The second-order valence-electron chi connectivity index (χ2n) is 9.94. The molecule has 0 spiro atoms. The van der Waals surface area contributed by atoms with Crippen LogP contribution in [0.25, 0.3) is 22.2 Å². The molecule has 1 fully saturated rings. The Bertz CT molecular complexity index is 1540. The predicted octanol–water partition coefficient (Wildman–Crippen LogP) is 5.66. The highest BCUT2D eigenvalue weighted by Gasteiger charge is 2.27. The molecule has 0 aliphatic heterocycles. The Kier molecular flexibility index (Phi) is 8.78. The van der Waals surface area contributed by atoms with Gasteiger partial charge in [0.1, 0.15) is 10.7 Å². The summed E-state index contributed by atoms with van der Waals surface area (Å²) in [7, 11) is 6.34. The number of hydrogen-bond donors (Lipinski definition) is 3. The molecule has 2 aromatic carbocycles. The van der Waals surface area contributed by atoms with E-state index < -0.39 is 0 Å². The van der Waals surface area contributed by atoms with Crippen LogP contribution in [0.5, 0.6) is 17.2 Å². The van der Waals surface area contributed by atoms with Gasteiger partial charge in [-0.3, -0.25) is 4.79 Å². The zero-order valence-corrected chi connectivity index (χ0v) is 25.0. The summed E-state index contributed by atoms with van der Waals surface area (Å²) in [6.45, 7) is 1.95. The second-order valence-corrected chi connectivity index (χ2v) is 10.9. The van der Waals surface area contributed by atoms with Gasteiger partial charge in [-0.15, -0.1) is 0 Å². The number of aromatic nitrogens is 3. The summed E-state index contributed by atoms with van der Waals surface area (Å²) in [6.07, 6.45) is 3.66. The number of ether oxygens (including phenoxy) is 4. The SMILES string of the molecule is COc1cc(Nc2nc(N)c(-c3nc(-c4cc(NC(=O)C5CCCC(OC)C5)ccc4C)no3)s2)cc(OC)c1OC. The molecular weight excluding hydrogens is 560 g/mol. The predicted molar refractivity (Wildman–Crippen MR) is 161 cm³/mol. The molecule has 5 rings (SSSR count). The van der Waals surface area contributed by atoms with Gasteiger partial charge in [0, 0.05) is 42.1 Å². The van der Waals surface area contributed by atoms with Crippen molar-refractivity contribution in [2.24, 2.45) is 5.92 Å². The van der Waals surface area contributed by atoms with Gasteiger partial charge in [0.05, 0.1) is 27.4 Å². The monoisotopic (exact) mass is 594 g/mol. The van der Waals surface area contributed by atoms with Gasteiger partial charge in [0.15, 0.2) is 16.6 Å². The summed E-state index contributed by atoms with van der Waals surface area (Å²) >= 11 is 1.26. The summed E-state index contributed by atoms with van der Waals surface area (Å²) in [4.78, 5) is 22.5. The fourth-order valence-electron chi connectivity index (χ4n) is 5.02. The van der Waals surface area contributed by atoms with E-state index in [1.807, 2.05) is 25.1 Å². The van der Waals surface area contributed by atoms with Crippen LogP contribution in [0.2, 0.25) is 0 Å². The summed E-state index contributed by atoms with van der Waals surface area (Å²) in [5.41, 5.74) is 9.23. The molecular formula is C29H34N6O6S. The van der Waals surface area contributed by atoms with E-state index in [4.69, 9.17) is 29.2 Å². The summed E-state index contributed by atoms with van der Waals surface area (Å²) in [6, 6.07) is 9.17. The van der Waals surface area contributed by atoms with E-state index in [1.165, 1.54) is 11.3 Å². The number of nitrogens with two attached hydrogens (primary N) is 1. The first kappa shape index (κ1) is 29.1. The fraction of sp³-hybridized carbons (Fsp3) is 0.379. The lowest BCUT2D eigenvalue weighted by Gasteiger charge is -2.27. The van der Waals surface area contributed by atoms with Crippen LogP contribution in [-0.2, 0) is 9.53 Å². The number of aryl methyl sites for hydroxylation is 1. The van der Waals surface area contributed by atoms with Crippen LogP contribution in [0, 0.1) is 12.8 Å². The van der Waals surface area contributed by atoms with Gasteiger partial charge in [-0.2, -0.15) is 4.98 Å². The molecule has 0 bridgehead atoms. The van der Waals surface area contributed by atoms with Gasteiger partial charge in [-0.05, 0) is 43.9 Å².